The van der Waals surface area contributed by atoms with Gasteiger partial charge in [-0.15, -0.1) is 0 Å². The van der Waals surface area contributed by atoms with Gasteiger partial charge in [0.2, 0.25) is 0 Å². The van der Waals surface area contributed by atoms with Gasteiger partial charge in [-0.3, -0.25) is 4.99 Å². The highest BCUT2D eigenvalue weighted by molar-refractivity contribution is 5.94. The zero-order valence-corrected chi connectivity index (χ0v) is 18.1. The molecule has 2 aromatic rings. The van der Waals surface area contributed by atoms with E-state index in [0.717, 1.165) is 50.0 Å². The van der Waals surface area contributed by atoms with E-state index >= 15 is 0 Å². The van der Waals surface area contributed by atoms with Crippen LogP contribution in [0.15, 0.2) is 53.5 Å². The van der Waals surface area contributed by atoms with Gasteiger partial charge in [-0.2, -0.15) is 0 Å². The van der Waals surface area contributed by atoms with Crippen molar-refractivity contribution in [1.82, 2.24) is 4.90 Å². The molecule has 1 heterocycles. The number of hydrogen-bond donors (Lipinski definition) is 2. The van der Waals surface area contributed by atoms with Crippen molar-refractivity contribution in [1.29, 1.82) is 0 Å². The van der Waals surface area contributed by atoms with E-state index in [9.17, 15) is 4.79 Å². The van der Waals surface area contributed by atoms with Crippen LogP contribution in [0.4, 0.5) is 11.4 Å². The molecule has 31 heavy (non-hydrogen) atoms. The molecule has 0 spiro atoms. The number of nitrogens with one attached hydrogen (secondary N) is 1. The molecule has 0 aromatic heterocycles. The maximum atomic E-state index is 11.1. The van der Waals surface area contributed by atoms with Gasteiger partial charge in [0, 0.05) is 57.8 Å². The number of carbonyl (C=O) groups is 1. The lowest BCUT2D eigenvalue weighted by Gasteiger charge is -2.37. The number of aromatic carboxylic acids is 1. The summed E-state index contributed by atoms with van der Waals surface area (Å²) in [5.41, 5.74) is 2.25. The molecule has 0 atom stereocenters. The fourth-order valence-electron chi connectivity index (χ4n) is 3.41. The lowest BCUT2D eigenvalue weighted by molar-refractivity contribution is 0.0697. The Labute approximate surface area is 183 Å². The predicted octanol–water partition coefficient (Wildman–Crippen LogP) is 3.02. The zero-order chi connectivity index (χ0) is 22.1. The third-order valence-electron chi connectivity index (χ3n) is 5.17. The normalized spacial score (nSPS) is 14.5. The van der Waals surface area contributed by atoms with E-state index in [4.69, 9.17) is 19.6 Å². The van der Waals surface area contributed by atoms with Crippen LogP contribution in [0.1, 0.15) is 16.8 Å². The molecule has 0 radical (unpaired) electrons. The number of ether oxygens (including phenoxy) is 2. The van der Waals surface area contributed by atoms with Crippen LogP contribution in [0.5, 0.6) is 5.75 Å². The Morgan fingerprint density at radius 1 is 1.03 bits per heavy atom. The van der Waals surface area contributed by atoms with E-state index in [0.29, 0.717) is 13.2 Å². The van der Waals surface area contributed by atoms with Gasteiger partial charge in [-0.25, -0.2) is 4.79 Å². The van der Waals surface area contributed by atoms with Crippen LogP contribution in [0.25, 0.3) is 0 Å². The summed E-state index contributed by atoms with van der Waals surface area (Å²) in [6.07, 6.45) is 0.839. The first-order chi connectivity index (χ1) is 15.1. The van der Waals surface area contributed by atoms with Gasteiger partial charge in [-0.05, 0) is 55.0 Å². The van der Waals surface area contributed by atoms with E-state index in [1.807, 2.05) is 12.1 Å². The molecule has 166 valence electrons. The van der Waals surface area contributed by atoms with Crippen LogP contribution in [-0.2, 0) is 4.74 Å². The molecule has 2 aromatic carbocycles. The zero-order valence-electron chi connectivity index (χ0n) is 18.1. The van der Waals surface area contributed by atoms with Crippen molar-refractivity contribution in [3.05, 3.63) is 54.1 Å². The van der Waals surface area contributed by atoms with E-state index in [1.165, 1.54) is 5.69 Å². The van der Waals surface area contributed by atoms with Crippen LogP contribution in [-0.4, -0.2) is 75.5 Å². The van der Waals surface area contributed by atoms with Gasteiger partial charge in [0.15, 0.2) is 5.96 Å². The van der Waals surface area contributed by atoms with Gasteiger partial charge < -0.3 is 29.7 Å². The molecular weight excluding hydrogens is 396 g/mol. The second-order valence-electron chi connectivity index (χ2n) is 7.23. The average Bonchev–Trinajstić information content (AvgIpc) is 2.81. The molecule has 3 rings (SSSR count). The van der Waals surface area contributed by atoms with Crippen molar-refractivity contribution in [3.63, 3.8) is 0 Å². The molecule has 8 heteroatoms. The fraction of sp³-hybridized carbons (Fsp3) is 0.391. The Morgan fingerprint density at radius 3 is 2.29 bits per heavy atom. The first-order valence-corrected chi connectivity index (χ1v) is 10.4. The topological polar surface area (TPSA) is 86.6 Å². The quantitative estimate of drug-likeness (QED) is 0.381. The number of nitrogens with zero attached hydrogens (tertiary/aromatic N) is 3. The number of hydrogen-bond acceptors (Lipinski definition) is 5. The number of carboxylic acid groups (broad SMARTS) is 1. The van der Waals surface area contributed by atoms with Crippen LogP contribution in [0.3, 0.4) is 0 Å². The largest absolute Gasteiger partial charge is 0.497 e. The summed E-state index contributed by atoms with van der Waals surface area (Å²) < 4.78 is 10.4. The van der Waals surface area contributed by atoms with Crippen molar-refractivity contribution in [2.24, 2.45) is 4.99 Å². The number of guanidine groups is 1. The minimum absolute atomic E-state index is 0.261. The van der Waals surface area contributed by atoms with Gasteiger partial charge in [0.1, 0.15) is 5.75 Å². The summed E-state index contributed by atoms with van der Waals surface area (Å²) in [6.45, 7) is 4.73. The van der Waals surface area contributed by atoms with Crippen molar-refractivity contribution in [3.8, 4) is 5.75 Å². The molecule has 8 nitrogen and oxygen atoms in total. The average molecular weight is 427 g/mol. The number of benzene rings is 2. The molecule has 0 unspecified atom stereocenters. The predicted molar refractivity (Wildman–Crippen MR) is 123 cm³/mol. The van der Waals surface area contributed by atoms with Gasteiger partial charge in [0.05, 0.1) is 12.7 Å². The molecule has 1 aliphatic heterocycles. The van der Waals surface area contributed by atoms with Crippen molar-refractivity contribution < 1.29 is 19.4 Å². The summed E-state index contributed by atoms with van der Waals surface area (Å²) in [5.74, 6) is 0.717. The molecule has 0 saturated carbocycles. The van der Waals surface area contributed by atoms with Crippen LogP contribution in [0.2, 0.25) is 0 Å². The maximum Gasteiger partial charge on any atom is 0.335 e. The summed E-state index contributed by atoms with van der Waals surface area (Å²) in [7, 11) is 3.36. The first-order valence-electron chi connectivity index (χ1n) is 10.4. The Balaban J connectivity index is 1.65. The second kappa shape index (κ2) is 11.2. The highest BCUT2D eigenvalue weighted by atomic mass is 16.5. The molecular formula is C23H30N4O4. The molecule has 1 fully saturated rings. The monoisotopic (exact) mass is 426 g/mol. The van der Waals surface area contributed by atoms with E-state index < -0.39 is 5.97 Å². The van der Waals surface area contributed by atoms with E-state index in [2.05, 4.69) is 27.2 Å². The van der Waals surface area contributed by atoms with Gasteiger partial charge in [-0.1, -0.05) is 0 Å². The highest BCUT2D eigenvalue weighted by Crippen LogP contribution is 2.21. The Morgan fingerprint density at radius 2 is 1.71 bits per heavy atom. The molecule has 0 bridgehead atoms. The standard InChI is InChI=1S/C23H30N4O4/c1-30-17-3-12-24-23(25-19-6-4-18(5-7-19)22(28)29)27-15-13-26(14-16-27)20-8-10-21(31-2)11-9-20/h4-11H,3,12-17H2,1-2H3,(H,24,25)(H,28,29). The number of carboxylic acids is 1. The lowest BCUT2D eigenvalue weighted by atomic mass is 10.2. The van der Waals surface area contributed by atoms with E-state index in [-0.39, 0.29) is 5.56 Å². The van der Waals surface area contributed by atoms with Crippen LogP contribution < -0.4 is 15.0 Å². The Hall–Kier alpha value is -3.26. The third-order valence-corrected chi connectivity index (χ3v) is 5.17. The molecule has 1 saturated heterocycles. The second-order valence-corrected chi connectivity index (χ2v) is 7.23. The van der Waals surface area contributed by atoms with Crippen molar-refractivity contribution in [2.45, 2.75) is 6.42 Å². The molecule has 1 aliphatic rings. The number of anilines is 2. The van der Waals surface area contributed by atoms with Gasteiger partial charge >= 0.3 is 5.97 Å². The summed E-state index contributed by atoms with van der Waals surface area (Å²) in [6, 6.07) is 14.8. The lowest BCUT2D eigenvalue weighted by Crippen LogP contribution is -2.50. The molecule has 0 amide bonds. The fourth-order valence-corrected chi connectivity index (χ4v) is 3.41. The minimum atomic E-state index is -0.935. The SMILES string of the molecule is COCCCN=C(Nc1ccc(C(=O)O)cc1)N1CCN(c2ccc(OC)cc2)CC1. The molecule has 0 aliphatic carbocycles. The molecule has 2 N–H and O–H groups in total. The van der Waals surface area contributed by atoms with Crippen molar-refractivity contribution >= 4 is 23.3 Å². The Kier molecular flexibility index (Phi) is 8.12. The maximum absolute atomic E-state index is 11.1. The summed E-state index contributed by atoms with van der Waals surface area (Å²) >= 11 is 0. The van der Waals surface area contributed by atoms with Gasteiger partial charge in [0.25, 0.3) is 0 Å². The van der Waals surface area contributed by atoms with Crippen LogP contribution >= 0.6 is 0 Å². The number of aliphatic imine (C=N–C) groups is 1. The van der Waals surface area contributed by atoms with Crippen LogP contribution in [0, 0.1) is 0 Å². The van der Waals surface area contributed by atoms with Crippen molar-refractivity contribution in [2.75, 3.05) is 63.8 Å². The highest BCUT2D eigenvalue weighted by Gasteiger charge is 2.20. The number of methoxy groups -OCH3 is 2. The number of rotatable bonds is 8. The first kappa shape index (κ1) is 22.4. The third kappa shape index (κ3) is 6.36. The van der Waals surface area contributed by atoms with E-state index in [1.54, 1.807) is 38.5 Å². The Bertz CT molecular complexity index is 860. The minimum Gasteiger partial charge on any atom is -0.497 e. The smallest absolute Gasteiger partial charge is 0.335 e. The summed E-state index contributed by atoms with van der Waals surface area (Å²) in [5, 5.41) is 12.5. The number of piperazine rings is 1. The summed E-state index contributed by atoms with van der Waals surface area (Å²) in [4.78, 5) is 20.4.